The number of amides is 3. The van der Waals surface area contributed by atoms with E-state index < -0.39 is 17.9 Å². The Morgan fingerprint density at radius 1 is 0.944 bits per heavy atom. The minimum Gasteiger partial charge on any atom is -0.339 e. The van der Waals surface area contributed by atoms with Crippen molar-refractivity contribution in [2.24, 2.45) is 5.73 Å². The van der Waals surface area contributed by atoms with Crippen molar-refractivity contribution in [3.05, 3.63) is 65.2 Å². The van der Waals surface area contributed by atoms with Gasteiger partial charge in [0.1, 0.15) is 6.04 Å². The fourth-order valence-corrected chi connectivity index (χ4v) is 3.01. The molecule has 0 bridgehead atoms. The molecule has 0 saturated carbocycles. The highest BCUT2D eigenvalue weighted by Crippen LogP contribution is 2.08. The maximum atomic E-state index is 12.2. The molecule has 2 aromatic carbocycles. The fraction of sp³-hybridized carbons (Fsp3) is 0.296. The summed E-state index contributed by atoms with van der Waals surface area (Å²) in [4.78, 5) is 35.6. The van der Waals surface area contributed by atoms with E-state index >= 15 is 0 Å². The van der Waals surface area contributed by atoms with Crippen molar-refractivity contribution in [3.8, 4) is 23.7 Å². The molecule has 0 aliphatic carbocycles. The molecule has 0 aliphatic heterocycles. The third-order valence-electron chi connectivity index (χ3n) is 5.00. The van der Waals surface area contributed by atoms with Gasteiger partial charge >= 0.3 is 0 Å². The van der Waals surface area contributed by atoms with Crippen LogP contribution in [0, 0.1) is 23.7 Å². The first-order valence-electron chi connectivity index (χ1n) is 11.6. The topological polar surface area (TPSA) is 146 Å². The van der Waals surface area contributed by atoms with E-state index in [0.29, 0.717) is 16.8 Å². The first-order valence-corrected chi connectivity index (χ1v) is 11.6. The van der Waals surface area contributed by atoms with Crippen LogP contribution in [0.2, 0.25) is 0 Å². The minimum absolute atomic E-state index is 0.0884. The Bertz CT molecular complexity index is 1140. The predicted molar refractivity (Wildman–Crippen MR) is 138 cm³/mol. The zero-order valence-corrected chi connectivity index (χ0v) is 20.2. The molecule has 7 N–H and O–H groups in total. The number of nitrogens with one attached hydrogen (secondary N) is 4. The summed E-state index contributed by atoms with van der Waals surface area (Å²) in [5.41, 5.74) is 9.32. The molecule has 0 radical (unpaired) electrons. The summed E-state index contributed by atoms with van der Waals surface area (Å²) in [6, 6.07) is 12.6. The number of rotatable bonds is 11. The average Bonchev–Trinajstić information content (AvgIpc) is 2.90. The van der Waals surface area contributed by atoms with Gasteiger partial charge in [-0.25, -0.2) is 5.48 Å². The number of benzene rings is 2. The molecule has 0 spiro atoms. The molecule has 2 rings (SSSR count). The van der Waals surface area contributed by atoms with E-state index in [0.717, 1.165) is 31.4 Å². The molecule has 0 heterocycles. The molecule has 3 amide bonds. The van der Waals surface area contributed by atoms with Gasteiger partial charge in [-0.15, -0.1) is 0 Å². The van der Waals surface area contributed by atoms with E-state index in [2.05, 4.69) is 46.6 Å². The largest absolute Gasteiger partial charge is 0.339 e. The molecule has 9 nitrogen and oxygen atoms in total. The lowest BCUT2D eigenvalue weighted by Crippen LogP contribution is -2.50. The first-order chi connectivity index (χ1) is 17.5. The van der Waals surface area contributed by atoms with Gasteiger partial charge in [-0.1, -0.05) is 31.6 Å². The van der Waals surface area contributed by atoms with Crippen LogP contribution in [0.4, 0.5) is 5.69 Å². The van der Waals surface area contributed by atoms with Gasteiger partial charge in [-0.3, -0.25) is 19.6 Å². The number of carbonyl (C=O) groups excluding carboxylic acids is 3. The van der Waals surface area contributed by atoms with Crippen LogP contribution in [0.3, 0.4) is 0 Å². The molecular weight excluding hydrogens is 458 g/mol. The molecule has 0 unspecified atom stereocenters. The SMILES string of the molecule is CCCCCNCC(=O)Nc1ccc(C#CC#Cc2ccc(C(=O)N[C@@H](CN)C(=O)NO)cc2)cc1. The molecule has 0 fully saturated rings. The second-order valence-electron chi connectivity index (χ2n) is 7.82. The first kappa shape index (κ1) is 28.1. The smallest absolute Gasteiger partial charge is 0.267 e. The van der Waals surface area contributed by atoms with Gasteiger partial charge in [0.2, 0.25) is 5.91 Å². The number of hydroxylamine groups is 1. The van der Waals surface area contributed by atoms with Crippen molar-refractivity contribution in [2.45, 2.75) is 32.2 Å². The molecular formula is C27H31N5O4. The summed E-state index contributed by atoms with van der Waals surface area (Å²) in [5.74, 6) is 9.98. The number of unbranched alkanes of at least 4 members (excludes halogenated alkanes) is 2. The van der Waals surface area contributed by atoms with E-state index in [1.165, 1.54) is 5.48 Å². The van der Waals surface area contributed by atoms with Crippen LogP contribution in [-0.4, -0.2) is 48.6 Å². The second kappa shape index (κ2) is 15.7. The third kappa shape index (κ3) is 10.00. The quantitative estimate of drug-likeness (QED) is 0.122. The molecule has 188 valence electrons. The molecule has 0 aromatic heterocycles. The van der Waals surface area contributed by atoms with Crippen LogP contribution < -0.4 is 27.2 Å². The molecule has 9 heteroatoms. The average molecular weight is 490 g/mol. The van der Waals surface area contributed by atoms with Crippen molar-refractivity contribution < 1.29 is 19.6 Å². The standard InChI is InChI=1S/C27H31N5O4/c1-2-3-6-17-29-19-25(33)30-23-15-11-21(12-16-23)8-5-4-7-20-9-13-22(14-10-20)26(34)31-24(18-28)27(35)32-36/h9-16,24,29,36H,2-3,6,17-19,28H2,1H3,(H,30,33)(H,31,34)(H,32,35)/t24-/m0/s1. The molecule has 0 aliphatic rings. The predicted octanol–water partition coefficient (Wildman–Crippen LogP) is 1.37. The number of hydrogen-bond acceptors (Lipinski definition) is 6. The normalized spacial score (nSPS) is 10.6. The van der Waals surface area contributed by atoms with Crippen LogP contribution in [0.1, 0.15) is 47.7 Å². The van der Waals surface area contributed by atoms with E-state index in [1.54, 1.807) is 48.5 Å². The summed E-state index contributed by atoms with van der Waals surface area (Å²) in [6.07, 6.45) is 3.36. The zero-order chi connectivity index (χ0) is 26.2. The Morgan fingerprint density at radius 2 is 1.56 bits per heavy atom. The maximum Gasteiger partial charge on any atom is 0.267 e. The molecule has 1 atom stereocenters. The Labute approximate surface area is 211 Å². The molecule has 36 heavy (non-hydrogen) atoms. The monoisotopic (exact) mass is 489 g/mol. The van der Waals surface area contributed by atoms with Crippen LogP contribution in [0.25, 0.3) is 0 Å². The van der Waals surface area contributed by atoms with Gasteiger partial charge < -0.3 is 21.7 Å². The lowest BCUT2D eigenvalue weighted by Gasteiger charge is -2.14. The van der Waals surface area contributed by atoms with Crippen LogP contribution in [0.5, 0.6) is 0 Å². The highest BCUT2D eigenvalue weighted by atomic mass is 16.5. The van der Waals surface area contributed by atoms with Crippen molar-refractivity contribution in [1.29, 1.82) is 0 Å². The van der Waals surface area contributed by atoms with Crippen LogP contribution >= 0.6 is 0 Å². The van der Waals surface area contributed by atoms with E-state index in [4.69, 9.17) is 10.9 Å². The Kier molecular flexibility index (Phi) is 12.2. The summed E-state index contributed by atoms with van der Waals surface area (Å²) < 4.78 is 0. The van der Waals surface area contributed by atoms with Crippen molar-refractivity contribution in [3.63, 3.8) is 0 Å². The summed E-state index contributed by atoms with van der Waals surface area (Å²) in [6.45, 7) is 3.09. The van der Waals surface area contributed by atoms with E-state index in [-0.39, 0.29) is 19.0 Å². The molecule has 0 saturated heterocycles. The van der Waals surface area contributed by atoms with Crippen LogP contribution in [-0.2, 0) is 9.59 Å². The Balaban J connectivity index is 1.85. The lowest BCUT2D eigenvalue weighted by molar-refractivity contribution is -0.130. The minimum atomic E-state index is -1.04. The zero-order valence-electron chi connectivity index (χ0n) is 20.2. The number of carbonyl (C=O) groups is 3. The Hall–Kier alpha value is -4.15. The summed E-state index contributed by atoms with van der Waals surface area (Å²) in [5, 5.41) is 17.1. The summed E-state index contributed by atoms with van der Waals surface area (Å²) in [7, 11) is 0. The molecule has 2 aromatic rings. The van der Waals surface area contributed by atoms with Crippen molar-refractivity contribution in [1.82, 2.24) is 16.1 Å². The van der Waals surface area contributed by atoms with Gasteiger partial charge in [0.15, 0.2) is 0 Å². The van der Waals surface area contributed by atoms with Gasteiger partial charge in [-0.05, 0) is 73.3 Å². The Morgan fingerprint density at radius 3 is 2.11 bits per heavy atom. The maximum absolute atomic E-state index is 12.2. The van der Waals surface area contributed by atoms with E-state index in [9.17, 15) is 14.4 Å². The van der Waals surface area contributed by atoms with Gasteiger partial charge in [-0.2, -0.15) is 0 Å². The highest BCUT2D eigenvalue weighted by Gasteiger charge is 2.19. The number of hydrogen-bond donors (Lipinski definition) is 6. The van der Waals surface area contributed by atoms with Crippen LogP contribution in [0.15, 0.2) is 48.5 Å². The second-order valence-corrected chi connectivity index (χ2v) is 7.82. The lowest BCUT2D eigenvalue weighted by atomic mass is 10.1. The summed E-state index contributed by atoms with van der Waals surface area (Å²) >= 11 is 0. The van der Waals surface area contributed by atoms with Gasteiger partial charge in [0, 0.05) is 28.9 Å². The van der Waals surface area contributed by atoms with Gasteiger partial charge in [0.25, 0.3) is 11.8 Å². The van der Waals surface area contributed by atoms with Crippen molar-refractivity contribution in [2.75, 3.05) is 25.0 Å². The number of nitrogens with two attached hydrogens (primary N) is 1. The third-order valence-corrected chi connectivity index (χ3v) is 5.00. The number of anilines is 1. The van der Waals surface area contributed by atoms with Gasteiger partial charge in [0.05, 0.1) is 6.54 Å². The van der Waals surface area contributed by atoms with E-state index in [1.807, 2.05) is 0 Å². The fourth-order valence-electron chi connectivity index (χ4n) is 3.01. The van der Waals surface area contributed by atoms with Crippen molar-refractivity contribution >= 4 is 23.4 Å². The highest BCUT2D eigenvalue weighted by molar-refractivity contribution is 5.97.